The summed E-state index contributed by atoms with van der Waals surface area (Å²) in [5.74, 6) is -0.941. The second-order valence-corrected chi connectivity index (χ2v) is 10.0. The summed E-state index contributed by atoms with van der Waals surface area (Å²) < 4.78 is 23.1. The lowest BCUT2D eigenvalue weighted by Crippen LogP contribution is -2.23. The molecule has 0 atom stereocenters. The highest BCUT2D eigenvalue weighted by Crippen LogP contribution is 2.48. The molecule has 4 aromatic heterocycles. The Morgan fingerprint density at radius 2 is 2.06 bits per heavy atom. The molecule has 0 saturated heterocycles. The fourth-order valence-corrected chi connectivity index (χ4v) is 4.99. The molecule has 10 heteroatoms. The highest BCUT2D eigenvalue weighted by molar-refractivity contribution is 7.16. The Kier molecular flexibility index (Phi) is 6.29. The van der Waals surface area contributed by atoms with Crippen molar-refractivity contribution in [1.82, 2.24) is 19.9 Å². The van der Waals surface area contributed by atoms with E-state index in [1.807, 2.05) is 19.9 Å². The number of nitrogens with one attached hydrogen (secondary N) is 2. The monoisotopic (exact) mass is 498 g/mol. The van der Waals surface area contributed by atoms with Crippen LogP contribution in [0, 0.1) is 19.7 Å². The predicted molar refractivity (Wildman–Crippen MR) is 134 cm³/mol. The molecule has 0 aromatic carbocycles. The zero-order valence-corrected chi connectivity index (χ0v) is 21.2. The molecular weight excluding hydrogens is 471 g/mol. The number of H-pyrrole nitrogens is 1. The summed E-state index contributed by atoms with van der Waals surface area (Å²) in [6.07, 6.45) is 3.19. The number of hydrogen-bond donors (Lipinski definition) is 3. The first kappa shape index (κ1) is 24.6. The lowest BCUT2D eigenvalue weighted by atomic mass is 10.1. The van der Waals surface area contributed by atoms with Crippen molar-refractivity contribution >= 4 is 28.1 Å². The zero-order valence-electron chi connectivity index (χ0n) is 20.4. The quantitative estimate of drug-likeness (QED) is 0.362. The zero-order chi connectivity index (χ0) is 25.7. The van der Waals surface area contributed by atoms with E-state index in [9.17, 15) is 14.7 Å². The normalized spacial score (nSPS) is 11.8. The molecule has 0 unspecified atom stereocenters. The highest BCUT2D eigenvalue weighted by Gasteiger charge is 2.32. The van der Waals surface area contributed by atoms with Gasteiger partial charge in [0.1, 0.15) is 11.2 Å². The van der Waals surface area contributed by atoms with Gasteiger partial charge in [0.2, 0.25) is 5.88 Å². The van der Waals surface area contributed by atoms with E-state index >= 15 is 4.39 Å². The molecule has 184 valence electrons. The van der Waals surface area contributed by atoms with Crippen molar-refractivity contribution < 1.29 is 19.0 Å². The number of aromatic nitrogens is 3. The number of nitrogens with zero attached hydrogens (tertiary/aromatic N) is 2. The van der Waals surface area contributed by atoms with Crippen molar-refractivity contribution in [3.05, 3.63) is 62.4 Å². The molecule has 0 spiro atoms. The minimum atomic E-state index is -1.48. The summed E-state index contributed by atoms with van der Waals surface area (Å²) >= 11 is 1.02. The second-order valence-electron chi connectivity index (χ2n) is 8.99. The average Bonchev–Trinajstić information content (AvgIpc) is 3.35. The van der Waals surface area contributed by atoms with Crippen molar-refractivity contribution in [2.24, 2.45) is 7.05 Å². The van der Waals surface area contributed by atoms with Crippen molar-refractivity contribution in [3.63, 3.8) is 0 Å². The molecule has 0 fully saturated rings. The van der Waals surface area contributed by atoms with Crippen LogP contribution < -0.4 is 15.6 Å². The van der Waals surface area contributed by atoms with E-state index in [2.05, 4.69) is 15.3 Å². The molecule has 4 rings (SSSR count). The van der Waals surface area contributed by atoms with E-state index in [1.54, 1.807) is 32.4 Å². The van der Waals surface area contributed by atoms with Gasteiger partial charge in [-0.25, -0.2) is 9.37 Å². The maximum atomic E-state index is 15.7. The van der Waals surface area contributed by atoms with Gasteiger partial charge in [0.15, 0.2) is 11.6 Å². The van der Waals surface area contributed by atoms with E-state index in [-0.39, 0.29) is 39.2 Å². The molecule has 0 saturated carbocycles. The molecule has 3 N–H and O–H groups in total. The number of ether oxygens (including phenoxy) is 1. The molecule has 0 aliphatic rings. The van der Waals surface area contributed by atoms with Crippen LogP contribution >= 0.6 is 11.3 Å². The van der Waals surface area contributed by atoms with Crippen LogP contribution in [0.3, 0.4) is 0 Å². The van der Waals surface area contributed by atoms with Gasteiger partial charge < -0.3 is 24.7 Å². The van der Waals surface area contributed by atoms with E-state index < -0.39 is 11.4 Å². The van der Waals surface area contributed by atoms with Gasteiger partial charge in [-0.3, -0.25) is 9.59 Å². The van der Waals surface area contributed by atoms with Gasteiger partial charge in [-0.2, -0.15) is 0 Å². The third kappa shape index (κ3) is 4.46. The van der Waals surface area contributed by atoms with Gasteiger partial charge >= 0.3 is 0 Å². The standard InChI is InChI=1S/C25H27FN4O4S/c1-7-27-22(31)16-9-14-15(11-30(6)24(32)18(14)29-16)20-19(17(26)21(35-20)25(4,5)33)34-23-13(3)8-12(2)10-28-23/h8-11,29,33H,7H2,1-6H3,(H,27,31). The number of rotatable bonds is 6. The molecule has 1 amide bonds. The minimum Gasteiger partial charge on any atom is -0.434 e. The van der Waals surface area contributed by atoms with Crippen LogP contribution in [0.15, 0.2) is 29.3 Å². The Bertz CT molecular complexity index is 1510. The number of aryl methyl sites for hydroxylation is 3. The van der Waals surface area contributed by atoms with Crippen LogP contribution in [0.2, 0.25) is 0 Å². The summed E-state index contributed by atoms with van der Waals surface area (Å²) in [6.45, 7) is 8.90. The van der Waals surface area contributed by atoms with Crippen LogP contribution in [-0.2, 0) is 12.6 Å². The molecule has 0 aliphatic carbocycles. The van der Waals surface area contributed by atoms with E-state index in [0.29, 0.717) is 22.4 Å². The minimum absolute atomic E-state index is 0.0775. The van der Waals surface area contributed by atoms with E-state index in [0.717, 1.165) is 22.5 Å². The Balaban J connectivity index is 2.00. The van der Waals surface area contributed by atoms with Gasteiger partial charge in [-0.05, 0) is 52.3 Å². The second kappa shape index (κ2) is 8.94. The van der Waals surface area contributed by atoms with E-state index in [1.165, 1.54) is 18.4 Å². The van der Waals surface area contributed by atoms with Crippen molar-refractivity contribution in [3.8, 4) is 22.1 Å². The number of carbonyl (C=O) groups is 1. The molecular formula is C25H27FN4O4S. The predicted octanol–water partition coefficient (Wildman–Crippen LogP) is 4.52. The molecule has 4 aromatic rings. The van der Waals surface area contributed by atoms with Gasteiger partial charge in [0, 0.05) is 42.5 Å². The number of amides is 1. The number of aromatic amines is 1. The van der Waals surface area contributed by atoms with Gasteiger partial charge in [0.05, 0.1) is 15.4 Å². The van der Waals surface area contributed by atoms with Crippen LogP contribution in [0.1, 0.15) is 47.3 Å². The third-order valence-electron chi connectivity index (χ3n) is 5.52. The Morgan fingerprint density at radius 1 is 1.34 bits per heavy atom. The molecule has 8 nitrogen and oxygen atoms in total. The van der Waals surface area contributed by atoms with E-state index in [4.69, 9.17) is 4.74 Å². The number of fused-ring (bicyclic) bond motifs is 1. The molecule has 0 bridgehead atoms. The number of thiophene rings is 1. The summed E-state index contributed by atoms with van der Waals surface area (Å²) in [7, 11) is 1.57. The highest BCUT2D eigenvalue weighted by atomic mass is 32.1. The van der Waals surface area contributed by atoms with Crippen LogP contribution in [0.5, 0.6) is 11.6 Å². The lowest BCUT2D eigenvalue weighted by molar-refractivity contribution is 0.0785. The number of hydrogen-bond acceptors (Lipinski definition) is 6. The fraction of sp³-hybridized carbons (Fsp3) is 0.320. The SMILES string of the molecule is CCNC(=O)c1cc2c(-c3sc(C(C)(C)O)c(F)c3Oc3ncc(C)cc3C)cn(C)c(=O)c2[nH]1. The van der Waals surface area contributed by atoms with Gasteiger partial charge in [-0.1, -0.05) is 0 Å². The average molecular weight is 499 g/mol. The first-order valence-corrected chi connectivity index (χ1v) is 11.9. The number of halogens is 1. The number of pyridine rings is 2. The first-order chi connectivity index (χ1) is 16.4. The third-order valence-corrected chi connectivity index (χ3v) is 7.01. The van der Waals surface area contributed by atoms with Crippen molar-refractivity contribution in [2.75, 3.05) is 6.54 Å². The lowest BCUT2D eigenvalue weighted by Gasteiger charge is -2.14. The Labute approximate surface area is 205 Å². The van der Waals surface area contributed by atoms with Crippen LogP contribution in [0.25, 0.3) is 21.3 Å². The summed E-state index contributed by atoms with van der Waals surface area (Å²) in [4.78, 5) is 32.9. The van der Waals surface area contributed by atoms with Crippen LogP contribution in [0.4, 0.5) is 4.39 Å². The maximum Gasteiger partial charge on any atom is 0.274 e. The van der Waals surface area contributed by atoms with Crippen molar-refractivity contribution in [1.29, 1.82) is 0 Å². The maximum absolute atomic E-state index is 15.7. The molecule has 35 heavy (non-hydrogen) atoms. The topological polar surface area (TPSA) is 109 Å². The largest absolute Gasteiger partial charge is 0.434 e. The fourth-order valence-electron chi connectivity index (χ4n) is 3.86. The number of carbonyl (C=O) groups excluding carboxylic acids is 1. The van der Waals surface area contributed by atoms with Gasteiger partial charge in [-0.15, -0.1) is 11.3 Å². The summed E-state index contributed by atoms with van der Waals surface area (Å²) in [6, 6.07) is 3.44. The molecule has 4 heterocycles. The van der Waals surface area contributed by atoms with Crippen molar-refractivity contribution in [2.45, 2.75) is 40.2 Å². The smallest absolute Gasteiger partial charge is 0.274 e. The van der Waals surface area contributed by atoms with Gasteiger partial charge in [0.25, 0.3) is 11.5 Å². The van der Waals surface area contributed by atoms with Crippen LogP contribution in [-0.4, -0.2) is 32.1 Å². The summed E-state index contributed by atoms with van der Waals surface area (Å²) in [5, 5.41) is 13.8. The summed E-state index contributed by atoms with van der Waals surface area (Å²) in [5.41, 5.74) is 0.737. The Morgan fingerprint density at radius 3 is 2.69 bits per heavy atom. The molecule has 0 radical (unpaired) electrons. The number of aliphatic hydroxyl groups is 1. The Hall–Kier alpha value is -3.50. The molecule has 0 aliphatic heterocycles. The first-order valence-electron chi connectivity index (χ1n) is 11.1.